The average molecular weight is 1410 g/mol. The molecule has 0 rings (SSSR count). The molecule has 0 saturated carbocycles. The van der Waals surface area contributed by atoms with Gasteiger partial charge >= 0.3 is 17.9 Å². The van der Waals surface area contributed by atoms with Gasteiger partial charge in [-0.2, -0.15) is 0 Å². The van der Waals surface area contributed by atoms with Gasteiger partial charge in [0.1, 0.15) is 13.2 Å². The average Bonchev–Trinajstić information content (AvgIpc) is 1.21. The first kappa shape index (κ1) is 97.2. The molecule has 2 unspecified atom stereocenters. The maximum absolute atomic E-state index is 13.0. The summed E-state index contributed by atoms with van der Waals surface area (Å²) in [5.41, 5.74) is 0. The lowest BCUT2D eigenvalue weighted by molar-refractivity contribution is -0.870. The molecule has 0 fully saturated rings. The first-order valence-electron chi connectivity index (χ1n) is 43.4. The van der Waals surface area contributed by atoms with E-state index in [9.17, 15) is 19.5 Å². The maximum atomic E-state index is 13.0. The van der Waals surface area contributed by atoms with E-state index in [1.54, 1.807) is 0 Å². The molecule has 9 heteroatoms. The second kappa shape index (κ2) is 81.9. The number of carboxylic acid groups (broad SMARTS) is 1. The fourth-order valence-corrected chi connectivity index (χ4v) is 12.8. The minimum atomic E-state index is -1.51. The summed E-state index contributed by atoms with van der Waals surface area (Å²) in [4.78, 5) is 37.8. The van der Waals surface area contributed by atoms with Crippen LogP contribution in [0.3, 0.4) is 0 Å². The largest absolute Gasteiger partial charge is 0.477 e. The van der Waals surface area contributed by atoms with E-state index in [1.165, 1.54) is 295 Å². The normalized spacial score (nSPS) is 13.1. The monoisotopic (exact) mass is 1410 g/mol. The number of carboxylic acids is 1. The second-order valence-electron chi connectivity index (χ2n) is 30.4. The van der Waals surface area contributed by atoms with E-state index < -0.39 is 18.4 Å². The van der Waals surface area contributed by atoms with Gasteiger partial charge in [-0.15, -0.1) is 0 Å². The topological polar surface area (TPSA) is 108 Å². The number of quaternary nitrogens is 1. The molecule has 0 radical (unpaired) electrons. The summed E-state index contributed by atoms with van der Waals surface area (Å²) in [6.45, 7) is 4.72. The highest BCUT2D eigenvalue weighted by Crippen LogP contribution is 2.20. The third-order valence-corrected chi connectivity index (χ3v) is 19.3. The quantitative estimate of drug-likeness (QED) is 0.0211. The van der Waals surface area contributed by atoms with Crippen LogP contribution in [0.25, 0.3) is 0 Å². The highest BCUT2D eigenvalue weighted by molar-refractivity contribution is 5.71. The molecule has 2 atom stereocenters. The number of allylic oxidation sites excluding steroid dienone is 16. The molecule has 0 aromatic heterocycles. The SMILES string of the molecule is CC/C=C\C/C=C\C/C=C\C/C=C\CCCCCCCCCCCCCCCCCCCCCCCCCCCCCCC(=O)OC(COC(=O)CCCCCCCCCCCCCCCCCCCCCCCC/C=C\C/C=C\C/C=C\C/C=C\CC)COC(OCC[N+](C)(C)C)C(=O)O. The summed E-state index contributed by atoms with van der Waals surface area (Å²) in [7, 11) is 6.00. The number of carbonyl (C=O) groups excluding carboxylic acids is 2. The Hall–Kier alpha value is -3.79. The van der Waals surface area contributed by atoms with E-state index in [2.05, 4.69) is 111 Å². The van der Waals surface area contributed by atoms with Crippen molar-refractivity contribution < 1.29 is 42.9 Å². The van der Waals surface area contributed by atoms with Crippen molar-refractivity contribution in [1.29, 1.82) is 0 Å². The molecular formula is C92H166NO8+. The molecule has 0 spiro atoms. The van der Waals surface area contributed by atoms with Crippen molar-refractivity contribution >= 4 is 17.9 Å². The molecule has 1 N–H and O–H groups in total. The van der Waals surface area contributed by atoms with Crippen LogP contribution in [-0.4, -0.2) is 87.4 Å². The van der Waals surface area contributed by atoms with E-state index in [4.69, 9.17) is 18.9 Å². The van der Waals surface area contributed by atoms with Crippen LogP contribution in [0.5, 0.6) is 0 Å². The predicted molar refractivity (Wildman–Crippen MR) is 438 cm³/mol. The van der Waals surface area contributed by atoms with Crippen molar-refractivity contribution in [1.82, 2.24) is 0 Å². The molecule has 0 aliphatic heterocycles. The molecule has 0 aromatic carbocycles. The lowest BCUT2D eigenvalue weighted by Gasteiger charge is -2.25. The van der Waals surface area contributed by atoms with Crippen molar-refractivity contribution in [2.24, 2.45) is 0 Å². The van der Waals surface area contributed by atoms with Gasteiger partial charge in [0.05, 0.1) is 34.4 Å². The highest BCUT2D eigenvalue weighted by atomic mass is 16.7. The Balaban J connectivity index is 3.92. The van der Waals surface area contributed by atoms with Gasteiger partial charge in [0.15, 0.2) is 6.10 Å². The molecule has 101 heavy (non-hydrogen) atoms. The molecule has 0 aromatic rings. The van der Waals surface area contributed by atoms with E-state index in [1.807, 2.05) is 21.1 Å². The fourth-order valence-electron chi connectivity index (χ4n) is 12.8. The van der Waals surface area contributed by atoms with Gasteiger partial charge < -0.3 is 28.5 Å². The minimum Gasteiger partial charge on any atom is -0.477 e. The van der Waals surface area contributed by atoms with Crippen molar-refractivity contribution in [2.45, 2.75) is 424 Å². The molecule has 0 saturated heterocycles. The lowest BCUT2D eigenvalue weighted by atomic mass is 10.0. The first-order valence-corrected chi connectivity index (χ1v) is 43.4. The minimum absolute atomic E-state index is 0.178. The molecule has 0 amide bonds. The number of hydrogen-bond donors (Lipinski definition) is 1. The second-order valence-corrected chi connectivity index (χ2v) is 30.4. The van der Waals surface area contributed by atoms with Gasteiger partial charge in [-0.05, 0) is 89.9 Å². The van der Waals surface area contributed by atoms with Crippen LogP contribution in [0.1, 0.15) is 412 Å². The molecule has 0 bridgehead atoms. The number of unbranched alkanes of at least 4 members (excludes halogenated alkanes) is 50. The smallest absolute Gasteiger partial charge is 0.361 e. The fraction of sp³-hybridized carbons (Fsp3) is 0.793. The molecule has 9 nitrogen and oxygen atoms in total. The summed E-state index contributed by atoms with van der Waals surface area (Å²) in [6.07, 6.45) is 112. The van der Waals surface area contributed by atoms with Gasteiger partial charge in [-0.1, -0.05) is 406 Å². The van der Waals surface area contributed by atoms with Crippen molar-refractivity contribution in [3.63, 3.8) is 0 Å². The van der Waals surface area contributed by atoms with Crippen LogP contribution >= 0.6 is 0 Å². The van der Waals surface area contributed by atoms with Crippen molar-refractivity contribution in [2.75, 3.05) is 47.5 Å². The summed E-state index contributed by atoms with van der Waals surface area (Å²) in [6, 6.07) is 0. The van der Waals surface area contributed by atoms with E-state index in [-0.39, 0.29) is 38.2 Å². The number of nitrogens with zero attached hydrogens (tertiary/aromatic N) is 1. The van der Waals surface area contributed by atoms with Gasteiger partial charge in [-0.3, -0.25) is 9.59 Å². The van der Waals surface area contributed by atoms with Gasteiger partial charge in [0.25, 0.3) is 6.29 Å². The Morgan fingerprint density at radius 2 is 0.535 bits per heavy atom. The Morgan fingerprint density at radius 3 is 0.792 bits per heavy atom. The highest BCUT2D eigenvalue weighted by Gasteiger charge is 2.25. The third-order valence-electron chi connectivity index (χ3n) is 19.3. The number of hydrogen-bond acceptors (Lipinski definition) is 7. The summed E-state index contributed by atoms with van der Waals surface area (Å²) >= 11 is 0. The Kier molecular flexibility index (Phi) is 78.8. The number of likely N-dealkylation sites (N-methyl/N-ethyl adjacent to an activating group) is 1. The standard InChI is InChI=1S/C92H165NO8/c1-6-8-10-12-14-16-18-20-22-24-26-28-30-32-34-36-38-40-42-43-44-45-46-47-49-51-53-55-57-59-61-63-65-67-69-71-73-75-77-79-81-83-90(95)101-88(87-100-92(91(96)97)98-85-84-93(3,4)5)86-99-89(94)82-80-78-76-74-72-70-68-66-64-62-60-58-56-54-52-50-48-41-39-37-35-33-31-29-27-25-23-21-19-17-15-13-11-9-7-2/h8-11,14-17,20-23,26-29,88,92H,6-7,12-13,18-19,24-25,30-87H2,1-5H3/p+1/b10-8-,11-9-,16-14-,17-15-,22-20-,23-21-,28-26-,29-27-. The van der Waals surface area contributed by atoms with Crippen LogP contribution in [-0.2, 0) is 33.3 Å². The Labute approximate surface area is 626 Å². The first-order chi connectivity index (χ1) is 49.6. The van der Waals surface area contributed by atoms with Crippen LogP contribution < -0.4 is 0 Å². The van der Waals surface area contributed by atoms with E-state index in [0.29, 0.717) is 17.4 Å². The maximum Gasteiger partial charge on any atom is 0.361 e. The molecule has 586 valence electrons. The number of rotatable bonds is 81. The summed E-state index contributed by atoms with van der Waals surface area (Å²) < 4.78 is 23.1. The van der Waals surface area contributed by atoms with Crippen molar-refractivity contribution in [3.8, 4) is 0 Å². The van der Waals surface area contributed by atoms with Crippen molar-refractivity contribution in [3.05, 3.63) is 97.2 Å². The van der Waals surface area contributed by atoms with Crippen LogP contribution in [0.2, 0.25) is 0 Å². The van der Waals surface area contributed by atoms with E-state index >= 15 is 0 Å². The van der Waals surface area contributed by atoms with Gasteiger partial charge in [0.2, 0.25) is 0 Å². The zero-order valence-electron chi connectivity index (χ0n) is 67.3. The zero-order chi connectivity index (χ0) is 73.2. The number of aliphatic carboxylic acids is 1. The van der Waals surface area contributed by atoms with Gasteiger partial charge in [0, 0.05) is 12.8 Å². The zero-order valence-corrected chi connectivity index (χ0v) is 67.3. The molecule has 0 aliphatic rings. The summed E-state index contributed by atoms with van der Waals surface area (Å²) in [5, 5.41) is 9.79. The van der Waals surface area contributed by atoms with Crippen LogP contribution in [0.4, 0.5) is 0 Å². The Bertz CT molecular complexity index is 1990. The van der Waals surface area contributed by atoms with Crippen LogP contribution in [0.15, 0.2) is 97.2 Å². The Morgan fingerprint density at radius 1 is 0.297 bits per heavy atom. The van der Waals surface area contributed by atoms with Gasteiger partial charge in [-0.25, -0.2) is 4.79 Å². The number of ether oxygens (including phenoxy) is 4. The van der Waals surface area contributed by atoms with E-state index in [0.717, 1.165) is 89.9 Å². The van der Waals surface area contributed by atoms with Crippen LogP contribution in [0, 0.1) is 0 Å². The number of carbonyl (C=O) groups is 3. The molecular weight excluding hydrogens is 1250 g/mol. The summed E-state index contributed by atoms with van der Waals surface area (Å²) in [5.74, 6) is -1.97. The lowest BCUT2D eigenvalue weighted by Crippen LogP contribution is -2.40. The predicted octanol–water partition coefficient (Wildman–Crippen LogP) is 28.3. The third kappa shape index (κ3) is 83.4. The number of esters is 2. The molecule has 0 aliphatic carbocycles. The molecule has 0 heterocycles.